The fraction of sp³-hybridized carbons (Fsp3) is 0.895. The number of likely N-dealkylation sites (tertiary alicyclic amines) is 2. The van der Waals surface area contributed by atoms with Crippen molar-refractivity contribution in [3.63, 3.8) is 0 Å². The molecule has 3 rings (SSSR count). The van der Waals surface area contributed by atoms with E-state index in [1.165, 1.54) is 12.8 Å². The minimum atomic E-state index is -0.135. The maximum atomic E-state index is 12.9. The lowest BCUT2D eigenvalue weighted by molar-refractivity contribution is -0.137. The molecule has 0 radical (unpaired) electrons. The molecule has 0 aromatic rings. The van der Waals surface area contributed by atoms with Crippen molar-refractivity contribution >= 4 is 24.2 Å². The zero-order chi connectivity index (χ0) is 17.3. The van der Waals surface area contributed by atoms with Gasteiger partial charge in [-0.15, -0.1) is 12.4 Å². The lowest BCUT2D eigenvalue weighted by Gasteiger charge is -2.36. The average Bonchev–Trinajstić information content (AvgIpc) is 2.97. The summed E-state index contributed by atoms with van der Waals surface area (Å²) >= 11 is 0. The molecule has 3 fully saturated rings. The lowest BCUT2D eigenvalue weighted by Crippen LogP contribution is -2.47. The summed E-state index contributed by atoms with van der Waals surface area (Å²) in [5, 5.41) is 0. The van der Waals surface area contributed by atoms with Crippen LogP contribution in [0.3, 0.4) is 0 Å². The van der Waals surface area contributed by atoms with Crippen LogP contribution >= 0.6 is 12.4 Å². The average molecular weight is 372 g/mol. The Hall–Kier alpha value is -0.810. The Kier molecular flexibility index (Phi) is 7.15. The molecule has 0 bridgehead atoms. The van der Waals surface area contributed by atoms with Crippen LogP contribution in [0.5, 0.6) is 0 Å². The van der Waals surface area contributed by atoms with Crippen LogP contribution in [0, 0.1) is 17.8 Å². The first-order valence-corrected chi connectivity index (χ1v) is 9.79. The van der Waals surface area contributed by atoms with E-state index >= 15 is 0 Å². The molecule has 2 saturated heterocycles. The fourth-order valence-electron chi connectivity index (χ4n) is 4.70. The number of hydrogen-bond donors (Lipinski definition) is 1. The van der Waals surface area contributed by atoms with Crippen molar-refractivity contribution in [3.05, 3.63) is 0 Å². The van der Waals surface area contributed by atoms with Gasteiger partial charge in [-0.3, -0.25) is 9.59 Å². The molecular formula is C19H34ClN3O2. The molecule has 3 unspecified atom stereocenters. The first-order valence-electron chi connectivity index (χ1n) is 9.79. The summed E-state index contributed by atoms with van der Waals surface area (Å²) in [5.41, 5.74) is 6.04. The van der Waals surface area contributed by atoms with Gasteiger partial charge in [0.2, 0.25) is 11.8 Å². The van der Waals surface area contributed by atoms with Crippen molar-refractivity contribution in [2.45, 2.75) is 70.9 Å². The Bertz CT molecular complexity index is 477. The van der Waals surface area contributed by atoms with Crippen molar-refractivity contribution in [1.82, 2.24) is 9.80 Å². The first-order chi connectivity index (χ1) is 11.5. The maximum absolute atomic E-state index is 12.9. The monoisotopic (exact) mass is 371 g/mol. The molecule has 144 valence electrons. The number of nitrogens with two attached hydrogens (primary N) is 1. The highest BCUT2D eigenvalue weighted by Crippen LogP contribution is 2.32. The van der Waals surface area contributed by atoms with E-state index < -0.39 is 0 Å². The van der Waals surface area contributed by atoms with Gasteiger partial charge in [0.1, 0.15) is 0 Å². The van der Waals surface area contributed by atoms with Crippen LogP contribution in [0.2, 0.25) is 0 Å². The first kappa shape index (κ1) is 20.5. The summed E-state index contributed by atoms with van der Waals surface area (Å²) in [6.07, 6.45) is 7.16. The topological polar surface area (TPSA) is 66.6 Å². The summed E-state index contributed by atoms with van der Waals surface area (Å²) in [6.45, 7) is 6.55. The van der Waals surface area contributed by atoms with Crippen molar-refractivity contribution in [1.29, 1.82) is 0 Å². The third kappa shape index (κ3) is 4.68. The van der Waals surface area contributed by atoms with Gasteiger partial charge in [0.25, 0.3) is 0 Å². The van der Waals surface area contributed by atoms with Crippen LogP contribution in [0.25, 0.3) is 0 Å². The smallest absolute Gasteiger partial charge is 0.228 e. The number of carbonyl (C=O) groups is 2. The highest BCUT2D eigenvalue weighted by molar-refractivity contribution is 5.89. The van der Waals surface area contributed by atoms with Crippen molar-refractivity contribution in [2.75, 3.05) is 19.6 Å². The normalized spacial score (nSPS) is 34.6. The molecule has 2 heterocycles. The second-order valence-corrected chi connectivity index (χ2v) is 8.41. The highest BCUT2D eigenvalue weighted by atomic mass is 35.5. The van der Waals surface area contributed by atoms with E-state index in [0.29, 0.717) is 24.9 Å². The third-order valence-electron chi connectivity index (χ3n) is 6.45. The molecule has 3 atom stereocenters. The van der Waals surface area contributed by atoms with E-state index in [1.54, 1.807) is 0 Å². The Balaban J connectivity index is 0.00000225. The predicted octanol–water partition coefficient (Wildman–Crippen LogP) is 2.42. The van der Waals surface area contributed by atoms with Crippen LogP contribution < -0.4 is 5.73 Å². The molecule has 3 aliphatic rings. The fourth-order valence-corrected chi connectivity index (χ4v) is 4.70. The molecule has 0 spiro atoms. The van der Waals surface area contributed by atoms with Gasteiger partial charge in [-0.1, -0.05) is 6.92 Å². The Morgan fingerprint density at radius 2 is 1.84 bits per heavy atom. The van der Waals surface area contributed by atoms with Crippen molar-refractivity contribution < 1.29 is 9.59 Å². The number of piperidine rings is 1. The van der Waals surface area contributed by atoms with Gasteiger partial charge in [0.05, 0.1) is 5.92 Å². The zero-order valence-electron chi connectivity index (χ0n) is 15.7. The summed E-state index contributed by atoms with van der Waals surface area (Å²) in [4.78, 5) is 29.4. The minimum Gasteiger partial charge on any atom is -0.342 e. The SMILES string of the molecule is CC1CCC(N2CC(C(=O)N3CCCC(C(C)N)C3)CC2=O)CC1.Cl. The molecule has 2 amide bonds. The van der Waals surface area contributed by atoms with Crippen molar-refractivity contribution in [3.8, 4) is 0 Å². The molecule has 0 aromatic carbocycles. The van der Waals surface area contributed by atoms with Crippen LogP contribution in [0.4, 0.5) is 0 Å². The van der Waals surface area contributed by atoms with Gasteiger partial charge in [0, 0.05) is 38.1 Å². The third-order valence-corrected chi connectivity index (χ3v) is 6.45. The van der Waals surface area contributed by atoms with Crippen molar-refractivity contribution in [2.24, 2.45) is 23.5 Å². The Labute approximate surface area is 158 Å². The Morgan fingerprint density at radius 3 is 2.48 bits per heavy atom. The molecule has 6 heteroatoms. The number of rotatable bonds is 3. The molecule has 2 N–H and O–H groups in total. The molecule has 0 aromatic heterocycles. The van der Waals surface area contributed by atoms with E-state index in [0.717, 1.165) is 44.7 Å². The van der Waals surface area contributed by atoms with Gasteiger partial charge < -0.3 is 15.5 Å². The number of hydrogen-bond acceptors (Lipinski definition) is 3. The molecule has 1 saturated carbocycles. The van der Waals surface area contributed by atoms with Gasteiger partial charge >= 0.3 is 0 Å². The second kappa shape index (κ2) is 8.72. The minimum absolute atomic E-state index is 0. The standard InChI is InChI=1S/C19H33N3O2.ClH/c1-13-5-7-17(8-6-13)22-12-16(10-18(22)23)19(24)21-9-3-4-15(11-21)14(2)20;/h13-17H,3-12,20H2,1-2H3;1H. The number of amides is 2. The number of nitrogens with zero attached hydrogens (tertiary/aromatic N) is 2. The number of carbonyl (C=O) groups excluding carboxylic acids is 2. The van der Waals surface area contributed by atoms with Gasteiger partial charge in [-0.2, -0.15) is 0 Å². The summed E-state index contributed by atoms with van der Waals surface area (Å²) in [5.74, 6) is 1.41. The molecular weight excluding hydrogens is 338 g/mol. The van der Waals surface area contributed by atoms with E-state index in [-0.39, 0.29) is 36.2 Å². The van der Waals surface area contributed by atoms with Gasteiger partial charge in [-0.25, -0.2) is 0 Å². The zero-order valence-corrected chi connectivity index (χ0v) is 16.5. The van der Waals surface area contributed by atoms with Crippen LogP contribution in [-0.4, -0.2) is 53.3 Å². The van der Waals surface area contributed by atoms with E-state index in [4.69, 9.17) is 5.73 Å². The highest BCUT2D eigenvalue weighted by Gasteiger charge is 2.41. The second-order valence-electron chi connectivity index (χ2n) is 8.41. The summed E-state index contributed by atoms with van der Waals surface area (Å²) in [7, 11) is 0. The molecule has 2 aliphatic heterocycles. The van der Waals surface area contributed by atoms with Gasteiger partial charge in [0.15, 0.2) is 0 Å². The summed E-state index contributed by atoms with van der Waals surface area (Å²) < 4.78 is 0. The maximum Gasteiger partial charge on any atom is 0.228 e. The van der Waals surface area contributed by atoms with Crippen LogP contribution in [-0.2, 0) is 9.59 Å². The Morgan fingerprint density at radius 1 is 1.16 bits per heavy atom. The molecule has 5 nitrogen and oxygen atoms in total. The predicted molar refractivity (Wildman–Crippen MR) is 101 cm³/mol. The number of halogens is 1. The van der Waals surface area contributed by atoms with E-state index in [2.05, 4.69) is 6.92 Å². The van der Waals surface area contributed by atoms with Gasteiger partial charge in [-0.05, 0) is 57.3 Å². The summed E-state index contributed by atoms with van der Waals surface area (Å²) in [6, 6.07) is 0.496. The lowest BCUT2D eigenvalue weighted by atomic mass is 9.86. The molecule has 25 heavy (non-hydrogen) atoms. The largest absolute Gasteiger partial charge is 0.342 e. The van der Waals surface area contributed by atoms with Crippen LogP contribution in [0.1, 0.15) is 58.8 Å². The molecule has 1 aliphatic carbocycles. The quantitative estimate of drug-likeness (QED) is 0.828. The van der Waals surface area contributed by atoms with Crippen LogP contribution in [0.15, 0.2) is 0 Å². The van der Waals surface area contributed by atoms with E-state index in [1.807, 2.05) is 16.7 Å². The van der Waals surface area contributed by atoms with E-state index in [9.17, 15) is 9.59 Å².